The lowest BCUT2D eigenvalue weighted by Gasteiger charge is -2.07. The van der Waals surface area contributed by atoms with E-state index in [0.29, 0.717) is 6.54 Å². The van der Waals surface area contributed by atoms with Crippen LogP contribution in [0.2, 0.25) is 0 Å². The molecule has 102 valence electrons. The van der Waals surface area contributed by atoms with Gasteiger partial charge in [0.1, 0.15) is 6.61 Å². The van der Waals surface area contributed by atoms with E-state index in [1.54, 1.807) is 19.1 Å². The Morgan fingerprint density at radius 2 is 2.26 bits per heavy atom. The number of nitrogens with one attached hydrogen (secondary N) is 1. The number of nitro groups is 1. The van der Waals surface area contributed by atoms with Crippen LogP contribution >= 0.6 is 0 Å². The van der Waals surface area contributed by atoms with Crippen LogP contribution in [0.25, 0.3) is 0 Å². The van der Waals surface area contributed by atoms with Crippen LogP contribution in [0, 0.1) is 22.0 Å². The van der Waals surface area contributed by atoms with Crippen LogP contribution < -0.4 is 10.1 Å². The van der Waals surface area contributed by atoms with Crippen molar-refractivity contribution in [3.63, 3.8) is 0 Å². The molecule has 0 saturated carbocycles. The van der Waals surface area contributed by atoms with Crippen LogP contribution in [0.15, 0.2) is 18.2 Å². The third kappa shape index (κ3) is 4.98. The molecular formula is C14H18N2O3. The molecule has 5 nitrogen and oxygen atoms in total. The van der Waals surface area contributed by atoms with Gasteiger partial charge in [0.2, 0.25) is 0 Å². The van der Waals surface area contributed by atoms with Gasteiger partial charge < -0.3 is 10.1 Å². The van der Waals surface area contributed by atoms with Crippen molar-refractivity contribution < 1.29 is 9.66 Å². The summed E-state index contributed by atoms with van der Waals surface area (Å²) in [5, 5.41) is 14.1. The Hall–Kier alpha value is -2.06. The molecule has 0 atom stereocenters. The zero-order chi connectivity index (χ0) is 14.1. The van der Waals surface area contributed by atoms with Gasteiger partial charge in [-0.1, -0.05) is 18.9 Å². The van der Waals surface area contributed by atoms with E-state index in [1.807, 2.05) is 0 Å². The van der Waals surface area contributed by atoms with Gasteiger partial charge in [-0.15, -0.1) is 5.92 Å². The van der Waals surface area contributed by atoms with Crippen molar-refractivity contribution >= 4 is 5.69 Å². The first kappa shape index (κ1) is 15.0. The van der Waals surface area contributed by atoms with Gasteiger partial charge in [0.25, 0.3) is 0 Å². The maximum Gasteiger partial charge on any atom is 0.310 e. The summed E-state index contributed by atoms with van der Waals surface area (Å²) in [6.07, 6.45) is 1.04. The molecule has 0 radical (unpaired) electrons. The lowest BCUT2D eigenvalue weighted by molar-refractivity contribution is -0.385. The molecule has 0 bridgehead atoms. The highest BCUT2D eigenvalue weighted by atomic mass is 16.6. The third-order valence-corrected chi connectivity index (χ3v) is 2.45. The van der Waals surface area contributed by atoms with E-state index in [2.05, 4.69) is 24.1 Å². The topological polar surface area (TPSA) is 64.4 Å². The Morgan fingerprint density at radius 3 is 2.89 bits per heavy atom. The van der Waals surface area contributed by atoms with Gasteiger partial charge in [0.05, 0.1) is 4.92 Å². The second kappa shape index (κ2) is 8.11. The summed E-state index contributed by atoms with van der Waals surface area (Å²) in [7, 11) is 0. The fourth-order valence-electron chi connectivity index (χ4n) is 1.53. The zero-order valence-corrected chi connectivity index (χ0v) is 11.2. The van der Waals surface area contributed by atoms with Crippen LogP contribution in [0.1, 0.15) is 25.8 Å². The lowest BCUT2D eigenvalue weighted by Crippen LogP contribution is -2.14. The molecular weight excluding hydrogens is 244 g/mol. The van der Waals surface area contributed by atoms with Crippen molar-refractivity contribution in [1.29, 1.82) is 0 Å². The molecule has 19 heavy (non-hydrogen) atoms. The van der Waals surface area contributed by atoms with E-state index in [-0.39, 0.29) is 18.0 Å². The molecule has 0 amide bonds. The number of nitrogens with zero attached hydrogens (tertiary/aromatic N) is 1. The molecule has 0 unspecified atom stereocenters. The van der Waals surface area contributed by atoms with Gasteiger partial charge in [-0.25, -0.2) is 0 Å². The van der Waals surface area contributed by atoms with E-state index in [9.17, 15) is 10.1 Å². The van der Waals surface area contributed by atoms with Crippen molar-refractivity contribution in [1.82, 2.24) is 5.32 Å². The molecule has 0 saturated heterocycles. The summed E-state index contributed by atoms with van der Waals surface area (Å²) in [4.78, 5) is 10.5. The minimum absolute atomic E-state index is 0.0304. The highest BCUT2D eigenvalue weighted by Crippen LogP contribution is 2.27. The first-order valence-electron chi connectivity index (χ1n) is 6.19. The molecule has 1 rings (SSSR count). The average Bonchev–Trinajstić information content (AvgIpc) is 2.39. The van der Waals surface area contributed by atoms with E-state index in [1.165, 1.54) is 6.07 Å². The molecule has 0 aliphatic carbocycles. The molecule has 0 fully saturated rings. The maximum absolute atomic E-state index is 10.9. The largest absolute Gasteiger partial charge is 0.474 e. The SMILES string of the molecule is CC#CCOc1cc(CNCCC)ccc1[N+](=O)[O-]. The van der Waals surface area contributed by atoms with Gasteiger partial charge in [0, 0.05) is 12.6 Å². The number of rotatable bonds is 7. The molecule has 5 heteroatoms. The molecule has 1 N–H and O–H groups in total. The second-order valence-electron chi connectivity index (χ2n) is 3.95. The number of hydrogen-bond donors (Lipinski definition) is 1. The van der Waals surface area contributed by atoms with Gasteiger partial charge >= 0.3 is 5.69 Å². The zero-order valence-electron chi connectivity index (χ0n) is 11.2. The summed E-state index contributed by atoms with van der Waals surface area (Å²) in [6, 6.07) is 4.90. The second-order valence-corrected chi connectivity index (χ2v) is 3.95. The summed E-state index contributed by atoms with van der Waals surface area (Å²) in [5.74, 6) is 5.68. The van der Waals surface area contributed by atoms with Gasteiger partial charge in [-0.2, -0.15) is 0 Å². The highest BCUT2D eigenvalue weighted by molar-refractivity contribution is 5.48. The molecule has 0 aliphatic heterocycles. The van der Waals surface area contributed by atoms with Gasteiger partial charge in [-0.05, 0) is 31.5 Å². The first-order chi connectivity index (χ1) is 9.19. The molecule has 0 spiro atoms. The minimum Gasteiger partial charge on any atom is -0.474 e. The standard InChI is InChI=1S/C14H18N2O3/c1-3-5-9-19-14-10-12(11-15-8-4-2)6-7-13(14)16(17)18/h6-7,10,15H,4,8-9,11H2,1-2H3. The average molecular weight is 262 g/mol. The molecule has 0 aliphatic rings. The normalized spacial score (nSPS) is 9.58. The van der Waals surface area contributed by atoms with Crippen LogP contribution in [0.4, 0.5) is 5.69 Å². The van der Waals surface area contributed by atoms with Crippen molar-refractivity contribution in [3.05, 3.63) is 33.9 Å². The summed E-state index contributed by atoms with van der Waals surface area (Å²) < 4.78 is 5.34. The van der Waals surface area contributed by atoms with Crippen molar-refractivity contribution in [2.45, 2.75) is 26.8 Å². The Bertz CT molecular complexity index is 489. The fourth-order valence-corrected chi connectivity index (χ4v) is 1.53. The Morgan fingerprint density at radius 1 is 1.47 bits per heavy atom. The summed E-state index contributed by atoms with van der Waals surface area (Å²) in [5.41, 5.74) is 0.927. The van der Waals surface area contributed by atoms with Gasteiger partial charge in [-0.3, -0.25) is 10.1 Å². The molecule has 1 aromatic rings. The van der Waals surface area contributed by atoms with Crippen LogP contribution in [-0.2, 0) is 6.54 Å². The van der Waals surface area contributed by atoms with Crippen LogP contribution in [-0.4, -0.2) is 18.1 Å². The molecule has 0 heterocycles. The Kier molecular flexibility index (Phi) is 6.41. The maximum atomic E-state index is 10.9. The third-order valence-electron chi connectivity index (χ3n) is 2.45. The molecule has 1 aromatic carbocycles. The number of nitro benzene ring substituents is 1. The number of benzene rings is 1. The monoisotopic (exact) mass is 262 g/mol. The van der Waals surface area contributed by atoms with Crippen LogP contribution in [0.5, 0.6) is 5.75 Å². The lowest BCUT2D eigenvalue weighted by atomic mass is 10.2. The number of hydrogen-bond acceptors (Lipinski definition) is 4. The first-order valence-corrected chi connectivity index (χ1v) is 6.19. The highest BCUT2D eigenvalue weighted by Gasteiger charge is 2.15. The van der Waals surface area contributed by atoms with Crippen molar-refractivity contribution in [2.24, 2.45) is 0 Å². The van der Waals surface area contributed by atoms with E-state index >= 15 is 0 Å². The van der Waals surface area contributed by atoms with Crippen LogP contribution in [0.3, 0.4) is 0 Å². The van der Waals surface area contributed by atoms with E-state index < -0.39 is 4.92 Å². The smallest absolute Gasteiger partial charge is 0.310 e. The summed E-state index contributed by atoms with van der Waals surface area (Å²) in [6.45, 7) is 5.52. The number of ether oxygens (including phenoxy) is 1. The predicted octanol–water partition coefficient (Wildman–Crippen LogP) is 2.50. The molecule has 0 aromatic heterocycles. The van der Waals surface area contributed by atoms with E-state index in [4.69, 9.17) is 4.74 Å². The fraction of sp³-hybridized carbons (Fsp3) is 0.429. The quantitative estimate of drug-likeness (QED) is 0.355. The van der Waals surface area contributed by atoms with Crippen molar-refractivity contribution in [2.75, 3.05) is 13.2 Å². The predicted molar refractivity (Wildman–Crippen MR) is 74.0 cm³/mol. The van der Waals surface area contributed by atoms with Gasteiger partial charge in [0.15, 0.2) is 5.75 Å². The summed E-state index contributed by atoms with van der Waals surface area (Å²) >= 11 is 0. The minimum atomic E-state index is -0.446. The Labute approximate surface area is 113 Å². The van der Waals surface area contributed by atoms with Crippen molar-refractivity contribution in [3.8, 4) is 17.6 Å². The Balaban J connectivity index is 2.83. The van der Waals surface area contributed by atoms with E-state index in [0.717, 1.165) is 18.5 Å².